The Kier molecular flexibility index (Phi) is 4.73. The summed E-state index contributed by atoms with van der Waals surface area (Å²) in [6, 6.07) is 0. The van der Waals surface area contributed by atoms with Crippen LogP contribution in [-0.4, -0.2) is 57.2 Å². The molecule has 2 fully saturated rings. The molecule has 0 saturated carbocycles. The lowest BCUT2D eigenvalue weighted by atomic mass is 9.85. The molecule has 1 aromatic heterocycles. The molecule has 2 aliphatic rings. The lowest BCUT2D eigenvalue weighted by molar-refractivity contribution is -0.147. The molecule has 0 bridgehead atoms. The van der Waals surface area contributed by atoms with E-state index in [4.69, 9.17) is 11.6 Å². The number of carbonyl (C=O) groups excluding carboxylic acids is 1. The number of aromatic nitrogens is 2. The maximum Gasteiger partial charge on any atom is 0.243 e. The second-order valence-electron chi connectivity index (χ2n) is 6.44. The van der Waals surface area contributed by atoms with Gasteiger partial charge in [-0.1, -0.05) is 18.5 Å². The summed E-state index contributed by atoms with van der Waals surface area (Å²) in [7, 11) is 0. The van der Waals surface area contributed by atoms with E-state index in [0.717, 1.165) is 64.8 Å². The van der Waals surface area contributed by atoms with E-state index in [1.165, 1.54) is 0 Å². The van der Waals surface area contributed by atoms with Crippen LogP contribution in [0.1, 0.15) is 39.0 Å². The van der Waals surface area contributed by atoms with E-state index in [2.05, 4.69) is 21.8 Å². The topological polar surface area (TPSA) is 41.4 Å². The number of halogens is 1. The van der Waals surface area contributed by atoms with Crippen molar-refractivity contribution in [2.45, 2.75) is 51.1 Å². The van der Waals surface area contributed by atoms with Crippen molar-refractivity contribution in [3.8, 4) is 0 Å². The summed E-state index contributed by atoms with van der Waals surface area (Å²) >= 11 is 5.92. The Morgan fingerprint density at radius 2 is 2.00 bits per heavy atom. The highest BCUT2D eigenvalue weighted by Gasteiger charge is 2.50. The van der Waals surface area contributed by atoms with Gasteiger partial charge in [0.15, 0.2) is 0 Å². The predicted octanol–water partition coefficient (Wildman–Crippen LogP) is 2.40. The Hall–Kier alpha value is -1.07. The minimum Gasteiger partial charge on any atom is -0.341 e. The van der Waals surface area contributed by atoms with Gasteiger partial charge in [0, 0.05) is 25.8 Å². The Morgan fingerprint density at radius 3 is 2.68 bits per heavy atom. The molecule has 0 aromatic carbocycles. The van der Waals surface area contributed by atoms with Crippen molar-refractivity contribution in [1.29, 1.82) is 0 Å². The molecule has 0 radical (unpaired) electrons. The number of nitrogens with zero attached hydrogens (tertiary/aromatic N) is 4. The van der Waals surface area contributed by atoms with E-state index in [1.807, 2.05) is 10.9 Å². The third-order valence-corrected chi connectivity index (χ3v) is 5.22. The Morgan fingerprint density at radius 1 is 1.23 bits per heavy atom. The van der Waals surface area contributed by atoms with Crippen LogP contribution in [-0.2, 0) is 11.3 Å². The van der Waals surface area contributed by atoms with Crippen molar-refractivity contribution in [3.63, 3.8) is 0 Å². The second-order valence-corrected chi connectivity index (χ2v) is 6.88. The Labute approximate surface area is 137 Å². The van der Waals surface area contributed by atoms with Gasteiger partial charge in [-0.2, -0.15) is 5.10 Å². The van der Waals surface area contributed by atoms with Crippen LogP contribution >= 0.6 is 11.6 Å². The molecule has 22 heavy (non-hydrogen) atoms. The number of likely N-dealkylation sites (tertiary alicyclic amines) is 2. The second kappa shape index (κ2) is 6.59. The van der Waals surface area contributed by atoms with Crippen molar-refractivity contribution in [1.82, 2.24) is 19.6 Å². The molecule has 1 aromatic rings. The van der Waals surface area contributed by atoms with Gasteiger partial charge in [-0.3, -0.25) is 14.4 Å². The minimum atomic E-state index is -0.246. The monoisotopic (exact) mass is 324 g/mol. The normalized spacial score (nSPS) is 26.3. The predicted molar refractivity (Wildman–Crippen MR) is 86.9 cm³/mol. The van der Waals surface area contributed by atoms with Crippen molar-refractivity contribution in [2.75, 3.05) is 26.2 Å². The zero-order chi connectivity index (χ0) is 15.6. The van der Waals surface area contributed by atoms with E-state index in [1.54, 1.807) is 6.20 Å². The summed E-state index contributed by atoms with van der Waals surface area (Å²) in [6.07, 6.45) is 8.79. The van der Waals surface area contributed by atoms with E-state index < -0.39 is 0 Å². The summed E-state index contributed by atoms with van der Waals surface area (Å²) in [5, 5.41) is 4.90. The molecule has 1 amide bonds. The van der Waals surface area contributed by atoms with Crippen molar-refractivity contribution in [3.05, 3.63) is 17.4 Å². The van der Waals surface area contributed by atoms with E-state index in [9.17, 15) is 4.79 Å². The van der Waals surface area contributed by atoms with Crippen LogP contribution in [0.15, 0.2) is 12.4 Å². The van der Waals surface area contributed by atoms with Gasteiger partial charge in [-0.25, -0.2) is 0 Å². The molecule has 122 valence electrons. The molecule has 1 unspecified atom stereocenters. The Bertz CT molecular complexity index is 530. The van der Waals surface area contributed by atoms with Crippen LogP contribution in [0.2, 0.25) is 5.02 Å². The van der Waals surface area contributed by atoms with E-state index >= 15 is 0 Å². The van der Waals surface area contributed by atoms with E-state index in [-0.39, 0.29) is 5.54 Å². The molecule has 1 atom stereocenters. The van der Waals surface area contributed by atoms with Crippen LogP contribution in [0, 0.1) is 0 Å². The SMILES string of the molecule is CCCN1CCCC2(CCCN2CCn2cc(Cl)cn2)C1=O. The third kappa shape index (κ3) is 2.88. The number of rotatable bonds is 5. The van der Waals surface area contributed by atoms with Gasteiger partial charge in [-0.05, 0) is 38.6 Å². The molecule has 6 heteroatoms. The fraction of sp³-hybridized carbons (Fsp3) is 0.750. The summed E-state index contributed by atoms with van der Waals surface area (Å²) in [5.41, 5.74) is -0.246. The molecule has 2 saturated heterocycles. The smallest absolute Gasteiger partial charge is 0.243 e. The van der Waals surface area contributed by atoms with Gasteiger partial charge in [0.25, 0.3) is 0 Å². The van der Waals surface area contributed by atoms with Gasteiger partial charge >= 0.3 is 0 Å². The molecular formula is C16H25ClN4O. The van der Waals surface area contributed by atoms with Crippen molar-refractivity contribution >= 4 is 17.5 Å². The molecule has 3 heterocycles. The maximum atomic E-state index is 13.0. The quantitative estimate of drug-likeness (QED) is 0.835. The van der Waals surface area contributed by atoms with E-state index in [0.29, 0.717) is 10.9 Å². The van der Waals surface area contributed by atoms with Crippen LogP contribution in [0.3, 0.4) is 0 Å². The lowest BCUT2D eigenvalue weighted by Gasteiger charge is -2.44. The van der Waals surface area contributed by atoms with Gasteiger partial charge in [-0.15, -0.1) is 0 Å². The zero-order valence-electron chi connectivity index (χ0n) is 13.3. The fourth-order valence-electron chi connectivity index (χ4n) is 4.02. The van der Waals surface area contributed by atoms with Crippen LogP contribution < -0.4 is 0 Å². The molecular weight excluding hydrogens is 300 g/mol. The molecule has 3 rings (SSSR count). The number of carbonyl (C=O) groups is 1. The van der Waals surface area contributed by atoms with Crippen LogP contribution in [0.25, 0.3) is 0 Å². The average molecular weight is 325 g/mol. The van der Waals surface area contributed by atoms with Crippen molar-refractivity contribution in [2.24, 2.45) is 0 Å². The summed E-state index contributed by atoms with van der Waals surface area (Å²) < 4.78 is 1.87. The number of hydrogen-bond donors (Lipinski definition) is 0. The first-order chi connectivity index (χ1) is 10.7. The zero-order valence-corrected chi connectivity index (χ0v) is 14.1. The molecule has 0 aliphatic carbocycles. The van der Waals surface area contributed by atoms with Crippen molar-refractivity contribution < 1.29 is 4.79 Å². The highest BCUT2D eigenvalue weighted by Crippen LogP contribution is 2.38. The highest BCUT2D eigenvalue weighted by molar-refractivity contribution is 6.30. The first kappa shape index (κ1) is 15.8. The lowest BCUT2D eigenvalue weighted by Crippen LogP contribution is -2.60. The summed E-state index contributed by atoms with van der Waals surface area (Å²) in [6.45, 7) is 6.63. The van der Waals surface area contributed by atoms with Gasteiger partial charge in [0.2, 0.25) is 5.91 Å². The maximum absolute atomic E-state index is 13.0. The molecule has 1 spiro atoms. The molecule has 2 aliphatic heterocycles. The standard InChI is InChI=1S/C16H25ClN4O/c1-2-7-19-8-3-5-16(15(19)22)6-4-9-20(16)10-11-21-13-14(17)12-18-21/h12-13H,2-11H2,1H3. The summed E-state index contributed by atoms with van der Waals surface area (Å²) in [5.74, 6) is 0.358. The number of amides is 1. The third-order valence-electron chi connectivity index (χ3n) is 5.02. The Balaban J connectivity index is 1.69. The van der Waals surface area contributed by atoms with Gasteiger partial charge in [0.1, 0.15) is 5.54 Å². The summed E-state index contributed by atoms with van der Waals surface area (Å²) in [4.78, 5) is 17.5. The fourth-order valence-corrected chi connectivity index (χ4v) is 4.17. The molecule has 5 nitrogen and oxygen atoms in total. The first-order valence-electron chi connectivity index (χ1n) is 8.38. The minimum absolute atomic E-state index is 0.246. The highest BCUT2D eigenvalue weighted by atomic mass is 35.5. The molecule has 0 N–H and O–H groups in total. The average Bonchev–Trinajstić information content (AvgIpc) is 3.09. The largest absolute Gasteiger partial charge is 0.341 e. The first-order valence-corrected chi connectivity index (χ1v) is 8.76. The van der Waals surface area contributed by atoms with Crippen LogP contribution in [0.5, 0.6) is 0 Å². The van der Waals surface area contributed by atoms with Gasteiger partial charge in [0.05, 0.1) is 17.8 Å². The number of piperidine rings is 1. The number of hydrogen-bond acceptors (Lipinski definition) is 3. The van der Waals surface area contributed by atoms with Gasteiger partial charge < -0.3 is 4.90 Å². The van der Waals surface area contributed by atoms with Crippen LogP contribution in [0.4, 0.5) is 0 Å².